The van der Waals surface area contributed by atoms with Gasteiger partial charge in [0.15, 0.2) is 0 Å². The normalized spacial score (nSPS) is 15.5. The maximum absolute atomic E-state index is 11.1. The molecule has 0 saturated heterocycles. The van der Waals surface area contributed by atoms with Gasteiger partial charge in [0.25, 0.3) is 0 Å². The lowest BCUT2D eigenvalue weighted by Gasteiger charge is -2.26. The molecule has 5 heteroatoms. The van der Waals surface area contributed by atoms with E-state index in [2.05, 4.69) is 15.4 Å². The van der Waals surface area contributed by atoms with Gasteiger partial charge in [0, 0.05) is 12.6 Å². The molecule has 1 saturated carbocycles. The van der Waals surface area contributed by atoms with E-state index in [9.17, 15) is 9.59 Å². The van der Waals surface area contributed by atoms with Crippen LogP contribution in [0.15, 0.2) is 0 Å². The summed E-state index contributed by atoms with van der Waals surface area (Å²) in [5.74, 6) is -0.311. The molecule has 1 aliphatic rings. The molecule has 0 heterocycles. The minimum atomic E-state index is -0.311. The Kier molecular flexibility index (Phi) is 4.22. The zero-order valence-corrected chi connectivity index (χ0v) is 8.34. The van der Waals surface area contributed by atoms with Gasteiger partial charge < -0.3 is 15.4 Å². The van der Waals surface area contributed by atoms with E-state index >= 15 is 0 Å². The number of urea groups is 1. The highest BCUT2D eigenvalue weighted by Crippen LogP contribution is 2.17. The fourth-order valence-electron chi connectivity index (χ4n) is 1.17. The molecule has 1 aliphatic carbocycles. The quantitative estimate of drug-likeness (QED) is 0.645. The predicted octanol–water partition coefficient (Wildman–Crippen LogP) is 0.401. The van der Waals surface area contributed by atoms with Crippen LogP contribution in [0, 0.1) is 0 Å². The first kappa shape index (κ1) is 10.8. The summed E-state index contributed by atoms with van der Waals surface area (Å²) >= 11 is 0. The molecule has 0 aromatic rings. The monoisotopic (exact) mass is 200 g/mol. The predicted molar refractivity (Wildman–Crippen MR) is 50.8 cm³/mol. The van der Waals surface area contributed by atoms with Crippen LogP contribution in [-0.4, -0.2) is 31.7 Å². The highest BCUT2D eigenvalue weighted by Gasteiger charge is 2.18. The van der Waals surface area contributed by atoms with E-state index in [1.54, 1.807) is 0 Å². The fourth-order valence-corrected chi connectivity index (χ4v) is 1.17. The Morgan fingerprint density at radius 2 is 2.14 bits per heavy atom. The number of amides is 2. The van der Waals surface area contributed by atoms with E-state index < -0.39 is 0 Å². The van der Waals surface area contributed by atoms with Crippen LogP contribution in [-0.2, 0) is 9.53 Å². The number of ether oxygens (including phenoxy) is 1. The summed E-state index contributed by atoms with van der Waals surface area (Å²) in [6, 6.07) is 0.131. The number of hydrogen-bond acceptors (Lipinski definition) is 3. The lowest BCUT2D eigenvalue weighted by atomic mass is 9.93. The molecule has 0 aromatic carbocycles. The van der Waals surface area contributed by atoms with Crippen molar-refractivity contribution in [2.75, 3.05) is 13.7 Å². The third-order valence-electron chi connectivity index (χ3n) is 2.28. The Bertz CT molecular complexity index is 214. The molecular weight excluding hydrogens is 184 g/mol. The number of methoxy groups -OCH3 is 1. The molecule has 2 amide bonds. The zero-order valence-electron chi connectivity index (χ0n) is 8.34. The van der Waals surface area contributed by atoms with E-state index in [0.29, 0.717) is 12.6 Å². The number of esters is 1. The molecule has 0 aliphatic heterocycles. The number of rotatable bonds is 4. The van der Waals surface area contributed by atoms with Gasteiger partial charge in [0.05, 0.1) is 13.5 Å². The molecule has 80 valence electrons. The average molecular weight is 200 g/mol. The molecule has 0 spiro atoms. The van der Waals surface area contributed by atoms with Crippen molar-refractivity contribution in [3.05, 3.63) is 0 Å². The lowest BCUT2D eigenvalue weighted by Crippen LogP contribution is -2.45. The van der Waals surface area contributed by atoms with Crippen molar-refractivity contribution >= 4 is 12.0 Å². The molecule has 0 aromatic heterocycles. The maximum atomic E-state index is 11.1. The summed E-state index contributed by atoms with van der Waals surface area (Å²) in [5.41, 5.74) is 0. The Balaban J connectivity index is 1.99. The second-order valence-electron chi connectivity index (χ2n) is 3.35. The Morgan fingerprint density at radius 3 is 2.64 bits per heavy atom. The van der Waals surface area contributed by atoms with E-state index in [-0.39, 0.29) is 18.4 Å². The van der Waals surface area contributed by atoms with E-state index in [4.69, 9.17) is 0 Å². The molecule has 1 fully saturated rings. The highest BCUT2D eigenvalue weighted by atomic mass is 16.5. The van der Waals surface area contributed by atoms with Crippen molar-refractivity contribution in [3.8, 4) is 0 Å². The molecule has 0 atom stereocenters. The average Bonchev–Trinajstić information content (AvgIpc) is 2.11. The number of hydrogen-bond donors (Lipinski definition) is 2. The number of carbonyl (C=O) groups excluding carboxylic acids is 2. The van der Waals surface area contributed by atoms with Gasteiger partial charge in [-0.25, -0.2) is 4.79 Å². The Hall–Kier alpha value is -1.26. The topological polar surface area (TPSA) is 67.4 Å². The van der Waals surface area contributed by atoms with Crippen molar-refractivity contribution in [2.45, 2.75) is 31.7 Å². The summed E-state index contributed by atoms with van der Waals surface area (Å²) in [4.78, 5) is 21.8. The van der Waals surface area contributed by atoms with Gasteiger partial charge in [-0.05, 0) is 19.3 Å². The van der Waals surface area contributed by atoms with Gasteiger partial charge in [-0.1, -0.05) is 0 Å². The van der Waals surface area contributed by atoms with Crippen molar-refractivity contribution in [1.82, 2.24) is 10.6 Å². The van der Waals surface area contributed by atoms with Crippen LogP contribution < -0.4 is 10.6 Å². The van der Waals surface area contributed by atoms with Crippen molar-refractivity contribution in [2.24, 2.45) is 0 Å². The van der Waals surface area contributed by atoms with Crippen LogP contribution >= 0.6 is 0 Å². The molecule has 0 bridgehead atoms. The van der Waals surface area contributed by atoms with E-state index in [0.717, 1.165) is 12.8 Å². The third-order valence-corrected chi connectivity index (χ3v) is 2.28. The second kappa shape index (κ2) is 5.47. The van der Waals surface area contributed by atoms with Crippen LogP contribution in [0.4, 0.5) is 4.79 Å². The number of carbonyl (C=O) groups is 2. The smallest absolute Gasteiger partial charge is 0.315 e. The van der Waals surface area contributed by atoms with Gasteiger partial charge in [-0.15, -0.1) is 0 Å². The van der Waals surface area contributed by atoms with Crippen LogP contribution in [0.3, 0.4) is 0 Å². The molecule has 0 radical (unpaired) electrons. The first-order valence-electron chi connectivity index (χ1n) is 4.83. The molecular formula is C9H16N2O3. The van der Waals surface area contributed by atoms with Gasteiger partial charge in [0.1, 0.15) is 0 Å². The SMILES string of the molecule is COC(=O)CCNC(=O)NC1CCC1. The summed E-state index contributed by atoms with van der Waals surface area (Å²) in [6.45, 7) is 0.325. The van der Waals surface area contributed by atoms with Crippen molar-refractivity contribution < 1.29 is 14.3 Å². The molecule has 2 N–H and O–H groups in total. The van der Waals surface area contributed by atoms with Crippen LogP contribution in [0.2, 0.25) is 0 Å². The van der Waals surface area contributed by atoms with Crippen LogP contribution in [0.1, 0.15) is 25.7 Å². The van der Waals surface area contributed by atoms with Crippen molar-refractivity contribution in [3.63, 3.8) is 0 Å². The Labute approximate surface area is 83.2 Å². The minimum absolute atomic E-state index is 0.196. The summed E-state index contributed by atoms with van der Waals surface area (Å²) in [7, 11) is 1.33. The minimum Gasteiger partial charge on any atom is -0.469 e. The largest absolute Gasteiger partial charge is 0.469 e. The number of nitrogens with one attached hydrogen (secondary N) is 2. The fraction of sp³-hybridized carbons (Fsp3) is 0.778. The summed E-state index contributed by atoms with van der Waals surface area (Å²) in [6.07, 6.45) is 3.52. The van der Waals surface area contributed by atoms with E-state index in [1.807, 2.05) is 0 Å². The molecule has 14 heavy (non-hydrogen) atoms. The van der Waals surface area contributed by atoms with E-state index in [1.165, 1.54) is 13.5 Å². The second-order valence-corrected chi connectivity index (χ2v) is 3.35. The first-order valence-corrected chi connectivity index (χ1v) is 4.83. The van der Waals surface area contributed by atoms with Gasteiger partial charge in [-0.3, -0.25) is 4.79 Å². The van der Waals surface area contributed by atoms with Crippen molar-refractivity contribution in [1.29, 1.82) is 0 Å². The highest BCUT2D eigenvalue weighted by molar-refractivity contribution is 5.75. The summed E-state index contributed by atoms with van der Waals surface area (Å²) < 4.78 is 4.43. The van der Waals surface area contributed by atoms with Crippen LogP contribution in [0.5, 0.6) is 0 Å². The third kappa shape index (κ3) is 3.64. The van der Waals surface area contributed by atoms with Gasteiger partial charge in [-0.2, -0.15) is 0 Å². The molecule has 0 unspecified atom stereocenters. The lowest BCUT2D eigenvalue weighted by molar-refractivity contribution is -0.140. The molecule has 1 rings (SSSR count). The first-order chi connectivity index (χ1) is 6.72. The van der Waals surface area contributed by atoms with Gasteiger partial charge in [0.2, 0.25) is 0 Å². The maximum Gasteiger partial charge on any atom is 0.315 e. The standard InChI is InChI=1S/C9H16N2O3/c1-14-8(12)5-6-10-9(13)11-7-3-2-4-7/h7H,2-6H2,1H3,(H2,10,11,13). The van der Waals surface area contributed by atoms with Gasteiger partial charge >= 0.3 is 12.0 Å². The zero-order chi connectivity index (χ0) is 10.4. The summed E-state index contributed by atoms with van der Waals surface area (Å²) in [5, 5.41) is 5.40. The van der Waals surface area contributed by atoms with Crippen LogP contribution in [0.25, 0.3) is 0 Å². The molecule has 5 nitrogen and oxygen atoms in total. The Morgan fingerprint density at radius 1 is 1.43 bits per heavy atom.